The van der Waals surface area contributed by atoms with Crippen LogP contribution in [-0.4, -0.2) is 35.3 Å². The van der Waals surface area contributed by atoms with Crippen LogP contribution in [0.15, 0.2) is 22.7 Å². The van der Waals surface area contributed by atoms with Gasteiger partial charge >= 0.3 is 6.18 Å². The third-order valence-corrected chi connectivity index (χ3v) is 3.94. The topological polar surface area (TPSA) is 23.5 Å². The molecule has 0 bridgehead atoms. The van der Waals surface area contributed by atoms with Gasteiger partial charge in [0.1, 0.15) is 0 Å². The number of halogens is 5. The van der Waals surface area contributed by atoms with E-state index in [1.165, 1.54) is 4.90 Å². The minimum absolute atomic E-state index is 0.144. The van der Waals surface area contributed by atoms with Crippen LogP contribution in [0.4, 0.5) is 13.2 Å². The van der Waals surface area contributed by atoms with Crippen LogP contribution in [0, 0.1) is 0 Å². The number of aliphatic hydroxyl groups is 1. The van der Waals surface area contributed by atoms with Crippen LogP contribution >= 0.6 is 27.5 Å². The Morgan fingerprint density at radius 3 is 2.43 bits per heavy atom. The molecule has 0 saturated heterocycles. The van der Waals surface area contributed by atoms with Crippen LogP contribution in [-0.2, 0) is 0 Å². The van der Waals surface area contributed by atoms with Crippen LogP contribution in [0.25, 0.3) is 0 Å². The maximum Gasteiger partial charge on any atom is 0.401 e. The molecule has 1 N–H and O–H groups in total. The van der Waals surface area contributed by atoms with Gasteiger partial charge in [-0.3, -0.25) is 4.90 Å². The van der Waals surface area contributed by atoms with Crippen LogP contribution in [0.2, 0.25) is 5.02 Å². The molecule has 1 atom stereocenters. The molecule has 0 fully saturated rings. The maximum atomic E-state index is 12.5. The molecule has 1 rings (SSSR count). The van der Waals surface area contributed by atoms with Crippen molar-refractivity contribution in [3.63, 3.8) is 0 Å². The molecule has 0 aliphatic carbocycles. The lowest BCUT2D eigenvalue weighted by Crippen LogP contribution is -2.40. The Kier molecular flexibility index (Phi) is 6.97. The third-order valence-electron chi connectivity index (χ3n) is 3.12. The van der Waals surface area contributed by atoms with Gasteiger partial charge in [-0.25, -0.2) is 0 Å². The van der Waals surface area contributed by atoms with Gasteiger partial charge in [0.25, 0.3) is 0 Å². The summed E-state index contributed by atoms with van der Waals surface area (Å²) in [5.74, 6) is 0. The maximum absolute atomic E-state index is 12.5. The highest BCUT2D eigenvalue weighted by Crippen LogP contribution is 2.29. The van der Waals surface area contributed by atoms with Gasteiger partial charge in [0.2, 0.25) is 0 Å². The molecule has 1 aromatic carbocycles. The van der Waals surface area contributed by atoms with E-state index >= 15 is 0 Å². The van der Waals surface area contributed by atoms with E-state index in [1.807, 2.05) is 0 Å². The smallest absolute Gasteiger partial charge is 0.388 e. The zero-order valence-corrected chi connectivity index (χ0v) is 14.1. The molecule has 0 amide bonds. The van der Waals surface area contributed by atoms with Gasteiger partial charge in [-0.2, -0.15) is 13.2 Å². The second kappa shape index (κ2) is 7.81. The Morgan fingerprint density at radius 1 is 1.33 bits per heavy atom. The standard InChI is InChI=1S/C14H18BrClF3NO/c1-9(2)20(8-14(17,18)19)6-5-13(21)11-4-3-10(15)7-12(11)16/h3-4,7,9,13,21H,5-6,8H2,1-2H3. The van der Waals surface area contributed by atoms with Gasteiger partial charge in [0.05, 0.1) is 12.6 Å². The average Bonchev–Trinajstić information content (AvgIpc) is 2.32. The molecule has 7 heteroatoms. The van der Waals surface area contributed by atoms with E-state index in [0.717, 1.165) is 4.47 Å². The fourth-order valence-corrected chi connectivity index (χ4v) is 2.76. The molecule has 2 nitrogen and oxygen atoms in total. The van der Waals surface area contributed by atoms with Gasteiger partial charge in [-0.1, -0.05) is 33.6 Å². The quantitative estimate of drug-likeness (QED) is 0.757. The molecule has 1 unspecified atom stereocenters. The highest BCUT2D eigenvalue weighted by Gasteiger charge is 2.31. The summed E-state index contributed by atoms with van der Waals surface area (Å²) in [5, 5.41) is 10.5. The summed E-state index contributed by atoms with van der Waals surface area (Å²) in [4.78, 5) is 1.29. The Labute approximate surface area is 136 Å². The third kappa shape index (κ3) is 6.55. The molecule has 0 heterocycles. The number of alkyl halides is 3. The van der Waals surface area contributed by atoms with Crippen LogP contribution in [0.5, 0.6) is 0 Å². The second-order valence-electron chi connectivity index (χ2n) is 5.15. The normalized spacial score (nSPS) is 14.0. The summed E-state index contributed by atoms with van der Waals surface area (Å²) in [7, 11) is 0. The Bertz CT molecular complexity index is 468. The SMILES string of the molecule is CC(C)N(CCC(O)c1ccc(Br)cc1Cl)CC(F)(F)F. The van der Waals surface area contributed by atoms with E-state index < -0.39 is 18.8 Å². The minimum Gasteiger partial charge on any atom is -0.388 e. The molecule has 0 radical (unpaired) electrons. The summed E-state index contributed by atoms with van der Waals surface area (Å²) in [6.07, 6.45) is -4.94. The molecular formula is C14H18BrClF3NO. The van der Waals surface area contributed by atoms with E-state index in [9.17, 15) is 18.3 Å². The molecule has 21 heavy (non-hydrogen) atoms. The fourth-order valence-electron chi connectivity index (χ4n) is 1.97. The monoisotopic (exact) mass is 387 g/mol. The van der Waals surface area contributed by atoms with Crippen molar-refractivity contribution in [2.24, 2.45) is 0 Å². The van der Waals surface area contributed by atoms with Gasteiger partial charge in [0.15, 0.2) is 0 Å². The van der Waals surface area contributed by atoms with Crippen molar-refractivity contribution in [3.05, 3.63) is 33.3 Å². The lowest BCUT2D eigenvalue weighted by molar-refractivity contribution is -0.150. The fraction of sp³-hybridized carbons (Fsp3) is 0.571. The average molecular weight is 389 g/mol. The molecular weight excluding hydrogens is 371 g/mol. The number of benzene rings is 1. The van der Waals surface area contributed by atoms with Crippen molar-refractivity contribution in [2.45, 2.75) is 38.6 Å². The Hall–Kier alpha value is -0.300. The van der Waals surface area contributed by atoms with Gasteiger partial charge in [0, 0.05) is 22.1 Å². The van der Waals surface area contributed by atoms with Gasteiger partial charge in [-0.05, 0) is 38.0 Å². The number of aliphatic hydroxyl groups excluding tert-OH is 1. The lowest BCUT2D eigenvalue weighted by atomic mass is 10.1. The summed E-state index contributed by atoms with van der Waals surface area (Å²) in [6, 6.07) is 4.80. The van der Waals surface area contributed by atoms with E-state index in [1.54, 1.807) is 32.0 Å². The highest BCUT2D eigenvalue weighted by atomic mass is 79.9. The number of hydrogen-bond acceptors (Lipinski definition) is 2. The number of rotatable bonds is 6. The first-order valence-electron chi connectivity index (χ1n) is 6.54. The lowest BCUT2D eigenvalue weighted by Gasteiger charge is -2.28. The molecule has 0 saturated carbocycles. The zero-order chi connectivity index (χ0) is 16.2. The van der Waals surface area contributed by atoms with Crippen molar-refractivity contribution >= 4 is 27.5 Å². The Balaban J connectivity index is 2.67. The molecule has 120 valence electrons. The Morgan fingerprint density at radius 2 is 1.95 bits per heavy atom. The van der Waals surface area contributed by atoms with E-state index in [0.29, 0.717) is 10.6 Å². The van der Waals surface area contributed by atoms with Gasteiger partial charge < -0.3 is 5.11 Å². The number of nitrogens with zero attached hydrogens (tertiary/aromatic N) is 1. The van der Waals surface area contributed by atoms with Crippen molar-refractivity contribution < 1.29 is 18.3 Å². The van der Waals surface area contributed by atoms with Gasteiger partial charge in [-0.15, -0.1) is 0 Å². The summed E-state index contributed by atoms with van der Waals surface area (Å²) in [6.45, 7) is 2.56. The summed E-state index contributed by atoms with van der Waals surface area (Å²) >= 11 is 9.29. The largest absolute Gasteiger partial charge is 0.401 e. The van der Waals surface area contributed by atoms with Crippen LogP contribution < -0.4 is 0 Å². The van der Waals surface area contributed by atoms with Crippen molar-refractivity contribution in [1.29, 1.82) is 0 Å². The van der Waals surface area contributed by atoms with E-state index in [2.05, 4.69) is 15.9 Å². The van der Waals surface area contributed by atoms with Crippen molar-refractivity contribution in [2.75, 3.05) is 13.1 Å². The molecule has 0 aliphatic rings. The first-order chi connectivity index (χ1) is 9.60. The van der Waals surface area contributed by atoms with Crippen LogP contribution in [0.1, 0.15) is 31.9 Å². The summed E-state index contributed by atoms with van der Waals surface area (Å²) < 4.78 is 38.3. The number of hydrogen-bond donors (Lipinski definition) is 1. The molecule has 1 aromatic rings. The summed E-state index contributed by atoms with van der Waals surface area (Å²) in [5.41, 5.74) is 0.524. The molecule has 0 spiro atoms. The minimum atomic E-state index is -4.25. The predicted molar refractivity (Wildman–Crippen MR) is 81.5 cm³/mol. The van der Waals surface area contributed by atoms with E-state index in [4.69, 9.17) is 11.6 Å². The predicted octanol–water partition coefficient (Wildman–Crippen LogP) is 4.80. The first kappa shape index (κ1) is 18.7. The zero-order valence-electron chi connectivity index (χ0n) is 11.8. The second-order valence-corrected chi connectivity index (χ2v) is 6.47. The van der Waals surface area contributed by atoms with Crippen molar-refractivity contribution in [3.8, 4) is 0 Å². The first-order valence-corrected chi connectivity index (χ1v) is 7.71. The van der Waals surface area contributed by atoms with Crippen molar-refractivity contribution in [1.82, 2.24) is 4.90 Å². The highest BCUT2D eigenvalue weighted by molar-refractivity contribution is 9.10. The van der Waals surface area contributed by atoms with Crippen LogP contribution in [0.3, 0.4) is 0 Å². The molecule has 0 aromatic heterocycles. The van der Waals surface area contributed by atoms with E-state index in [-0.39, 0.29) is 19.0 Å². The molecule has 0 aliphatic heterocycles.